The number of anilines is 1. The summed E-state index contributed by atoms with van der Waals surface area (Å²) in [7, 11) is 0. The molecule has 1 aliphatic heterocycles. The van der Waals surface area contributed by atoms with Crippen molar-refractivity contribution < 1.29 is 4.42 Å². The van der Waals surface area contributed by atoms with Gasteiger partial charge in [-0.2, -0.15) is 0 Å². The van der Waals surface area contributed by atoms with Crippen LogP contribution in [0.4, 0.5) is 6.01 Å². The van der Waals surface area contributed by atoms with Gasteiger partial charge in [-0.3, -0.25) is 0 Å². The standard InChI is InChI=1S/C9H16N4O.ClH/c1-7(2)8-11-12-9(14-8)13-5-3-10-4-6-13;/h7,10H,3-6H2,1-2H3;1H. The zero-order chi connectivity index (χ0) is 9.97. The van der Waals surface area contributed by atoms with E-state index in [9.17, 15) is 0 Å². The molecule has 0 aliphatic carbocycles. The Balaban J connectivity index is 0.00000112. The maximum Gasteiger partial charge on any atom is 0.318 e. The zero-order valence-corrected chi connectivity index (χ0v) is 9.88. The predicted octanol–water partition coefficient (Wildman–Crippen LogP) is 1.02. The molecule has 1 aromatic heterocycles. The number of halogens is 1. The van der Waals surface area contributed by atoms with Crippen LogP contribution in [0, 0.1) is 0 Å². The van der Waals surface area contributed by atoms with Gasteiger partial charge >= 0.3 is 6.01 Å². The molecule has 0 aromatic carbocycles. The second-order valence-electron chi connectivity index (χ2n) is 3.81. The van der Waals surface area contributed by atoms with Crippen LogP contribution >= 0.6 is 12.4 Å². The van der Waals surface area contributed by atoms with Crippen molar-refractivity contribution in [3.63, 3.8) is 0 Å². The van der Waals surface area contributed by atoms with E-state index in [2.05, 4.69) is 34.3 Å². The molecule has 86 valence electrons. The van der Waals surface area contributed by atoms with E-state index in [1.165, 1.54) is 0 Å². The van der Waals surface area contributed by atoms with Crippen molar-refractivity contribution in [2.24, 2.45) is 0 Å². The first-order chi connectivity index (χ1) is 6.77. The Morgan fingerprint density at radius 3 is 2.47 bits per heavy atom. The van der Waals surface area contributed by atoms with Gasteiger partial charge in [0.05, 0.1) is 0 Å². The number of hydrogen-bond acceptors (Lipinski definition) is 5. The van der Waals surface area contributed by atoms with Crippen LogP contribution in [0.25, 0.3) is 0 Å². The third-order valence-electron chi connectivity index (χ3n) is 2.31. The van der Waals surface area contributed by atoms with Crippen LogP contribution < -0.4 is 10.2 Å². The number of rotatable bonds is 2. The smallest absolute Gasteiger partial charge is 0.318 e. The predicted molar refractivity (Wildman–Crippen MR) is 60.7 cm³/mol. The highest BCUT2D eigenvalue weighted by Crippen LogP contribution is 2.18. The van der Waals surface area contributed by atoms with Gasteiger partial charge in [0, 0.05) is 32.1 Å². The summed E-state index contributed by atoms with van der Waals surface area (Å²) in [4.78, 5) is 2.12. The van der Waals surface area contributed by atoms with E-state index < -0.39 is 0 Å². The first kappa shape index (κ1) is 12.3. The average Bonchev–Trinajstić information content (AvgIpc) is 2.68. The Kier molecular flexibility index (Phi) is 4.35. The van der Waals surface area contributed by atoms with E-state index in [0.717, 1.165) is 32.1 Å². The van der Waals surface area contributed by atoms with Gasteiger partial charge in [-0.25, -0.2) is 0 Å². The minimum absolute atomic E-state index is 0. The molecule has 2 heterocycles. The van der Waals surface area contributed by atoms with E-state index >= 15 is 0 Å². The van der Waals surface area contributed by atoms with Gasteiger partial charge in [-0.15, -0.1) is 17.5 Å². The third kappa shape index (κ3) is 2.82. The summed E-state index contributed by atoms with van der Waals surface area (Å²) in [5.41, 5.74) is 0. The maximum absolute atomic E-state index is 5.56. The molecule has 0 amide bonds. The van der Waals surface area contributed by atoms with Crippen LogP contribution in [0.15, 0.2) is 4.42 Å². The molecule has 1 aliphatic rings. The van der Waals surface area contributed by atoms with Crippen LogP contribution in [0.3, 0.4) is 0 Å². The third-order valence-corrected chi connectivity index (χ3v) is 2.31. The normalized spacial score (nSPS) is 16.6. The van der Waals surface area contributed by atoms with Crippen LogP contribution in [0.2, 0.25) is 0 Å². The Labute approximate surface area is 95.6 Å². The van der Waals surface area contributed by atoms with Gasteiger partial charge < -0.3 is 14.6 Å². The molecule has 1 fully saturated rings. The SMILES string of the molecule is CC(C)c1nnc(N2CCNCC2)o1.Cl. The Hall–Kier alpha value is -0.810. The molecule has 5 nitrogen and oxygen atoms in total. The number of aromatic nitrogens is 2. The van der Waals surface area contributed by atoms with Crippen LogP contribution in [0.1, 0.15) is 25.7 Å². The van der Waals surface area contributed by atoms with Crippen LogP contribution in [-0.4, -0.2) is 36.4 Å². The second kappa shape index (κ2) is 5.32. The summed E-state index contributed by atoms with van der Waals surface area (Å²) in [6.45, 7) is 7.96. The summed E-state index contributed by atoms with van der Waals surface area (Å²) in [6, 6.07) is 0.662. The molecule has 0 bridgehead atoms. The highest BCUT2D eigenvalue weighted by Gasteiger charge is 2.17. The minimum Gasteiger partial charge on any atom is -0.408 e. The Bertz CT molecular complexity index is 296. The van der Waals surface area contributed by atoms with Gasteiger partial charge in [0.15, 0.2) is 0 Å². The van der Waals surface area contributed by atoms with Crippen molar-refractivity contribution in [2.45, 2.75) is 19.8 Å². The van der Waals surface area contributed by atoms with Crippen molar-refractivity contribution >= 4 is 18.4 Å². The van der Waals surface area contributed by atoms with E-state index in [1.54, 1.807) is 0 Å². The molecule has 1 aromatic rings. The number of nitrogens with one attached hydrogen (secondary N) is 1. The maximum atomic E-state index is 5.56. The van der Waals surface area contributed by atoms with Gasteiger partial charge in [-0.05, 0) is 0 Å². The molecule has 1 N–H and O–H groups in total. The molecule has 0 saturated carbocycles. The fourth-order valence-electron chi connectivity index (χ4n) is 1.44. The molecule has 6 heteroatoms. The minimum atomic E-state index is 0. The van der Waals surface area contributed by atoms with Gasteiger partial charge in [0.25, 0.3) is 0 Å². The lowest BCUT2D eigenvalue weighted by Gasteiger charge is -2.25. The molecule has 0 unspecified atom stereocenters. The van der Waals surface area contributed by atoms with Gasteiger partial charge in [0.1, 0.15) is 0 Å². The van der Waals surface area contributed by atoms with Crippen molar-refractivity contribution in [2.75, 3.05) is 31.1 Å². The van der Waals surface area contributed by atoms with E-state index in [4.69, 9.17) is 4.42 Å². The summed E-state index contributed by atoms with van der Waals surface area (Å²) in [6.07, 6.45) is 0. The number of hydrogen-bond donors (Lipinski definition) is 1. The average molecular weight is 233 g/mol. The lowest BCUT2D eigenvalue weighted by Crippen LogP contribution is -2.43. The second-order valence-corrected chi connectivity index (χ2v) is 3.81. The van der Waals surface area contributed by atoms with Crippen molar-refractivity contribution in [1.29, 1.82) is 0 Å². The van der Waals surface area contributed by atoms with Crippen molar-refractivity contribution in [3.05, 3.63) is 5.89 Å². The fraction of sp³-hybridized carbons (Fsp3) is 0.778. The Morgan fingerprint density at radius 2 is 1.93 bits per heavy atom. The highest BCUT2D eigenvalue weighted by molar-refractivity contribution is 5.85. The number of nitrogens with zero attached hydrogens (tertiary/aromatic N) is 3. The monoisotopic (exact) mass is 232 g/mol. The summed E-state index contributed by atoms with van der Waals surface area (Å²) < 4.78 is 5.56. The largest absolute Gasteiger partial charge is 0.408 e. The molecule has 0 atom stereocenters. The van der Waals surface area contributed by atoms with E-state index in [1.807, 2.05) is 0 Å². The topological polar surface area (TPSA) is 54.2 Å². The molecule has 15 heavy (non-hydrogen) atoms. The Morgan fingerprint density at radius 1 is 1.27 bits per heavy atom. The number of piperazine rings is 1. The summed E-state index contributed by atoms with van der Waals surface area (Å²) in [5.74, 6) is 1.03. The van der Waals surface area contributed by atoms with E-state index in [-0.39, 0.29) is 12.4 Å². The van der Waals surface area contributed by atoms with E-state index in [0.29, 0.717) is 11.9 Å². The lowest BCUT2D eigenvalue weighted by atomic mass is 10.2. The first-order valence-corrected chi connectivity index (χ1v) is 5.06. The molecular weight excluding hydrogens is 216 g/mol. The van der Waals surface area contributed by atoms with Crippen LogP contribution in [-0.2, 0) is 0 Å². The van der Waals surface area contributed by atoms with Crippen LogP contribution in [0.5, 0.6) is 0 Å². The molecule has 1 saturated heterocycles. The summed E-state index contributed by atoms with van der Waals surface area (Å²) >= 11 is 0. The highest BCUT2D eigenvalue weighted by atomic mass is 35.5. The zero-order valence-electron chi connectivity index (χ0n) is 9.06. The molecule has 2 rings (SSSR count). The summed E-state index contributed by atoms with van der Waals surface area (Å²) in [5, 5.41) is 11.3. The molecule has 0 radical (unpaired) electrons. The first-order valence-electron chi connectivity index (χ1n) is 5.06. The van der Waals surface area contributed by atoms with Crippen molar-refractivity contribution in [3.8, 4) is 0 Å². The molecular formula is C9H17ClN4O. The van der Waals surface area contributed by atoms with Crippen molar-refractivity contribution in [1.82, 2.24) is 15.5 Å². The van der Waals surface area contributed by atoms with Gasteiger partial charge in [0.2, 0.25) is 5.89 Å². The van der Waals surface area contributed by atoms with Gasteiger partial charge in [-0.1, -0.05) is 18.9 Å². The lowest BCUT2D eigenvalue weighted by molar-refractivity contribution is 0.449. The fourth-order valence-corrected chi connectivity index (χ4v) is 1.44. The molecule has 0 spiro atoms. The quantitative estimate of drug-likeness (QED) is 0.825.